The topological polar surface area (TPSA) is 64.4 Å². The van der Waals surface area contributed by atoms with E-state index in [0.29, 0.717) is 16.9 Å². The fourth-order valence-corrected chi connectivity index (χ4v) is 3.73. The van der Waals surface area contributed by atoms with Crippen molar-refractivity contribution in [2.45, 2.75) is 11.3 Å². The normalized spacial score (nSPS) is 18.5. The average Bonchev–Trinajstić information content (AvgIpc) is 2.78. The van der Waals surface area contributed by atoms with Gasteiger partial charge in [-0.25, -0.2) is 8.42 Å². The van der Waals surface area contributed by atoms with Crippen LogP contribution < -0.4 is 0 Å². The van der Waals surface area contributed by atoms with Gasteiger partial charge in [-0.15, -0.1) is 0 Å². The number of aromatic nitrogens is 2. The lowest BCUT2D eigenvalue weighted by Gasteiger charge is -2.12. The molecule has 1 aromatic heterocycles. The molecule has 1 aliphatic heterocycles. The van der Waals surface area contributed by atoms with Gasteiger partial charge in [-0.05, 0) is 29.0 Å². The van der Waals surface area contributed by atoms with Gasteiger partial charge in [0, 0.05) is 13.6 Å². The van der Waals surface area contributed by atoms with E-state index in [1.807, 2.05) is 22.6 Å². The van der Waals surface area contributed by atoms with Crippen molar-refractivity contribution >= 4 is 32.6 Å². The van der Waals surface area contributed by atoms with Gasteiger partial charge in [-0.2, -0.15) is 5.10 Å². The van der Waals surface area contributed by atoms with Crippen LogP contribution in [0.25, 0.3) is 0 Å². The van der Waals surface area contributed by atoms with Crippen LogP contribution in [0.2, 0.25) is 0 Å². The summed E-state index contributed by atoms with van der Waals surface area (Å²) in [5.41, 5.74) is 0. The van der Waals surface area contributed by atoms with Gasteiger partial charge in [-0.3, -0.25) is 9.52 Å². The number of hydrogen-bond donors (Lipinski definition) is 0. The molecule has 0 atom stereocenters. The molecule has 0 spiro atoms. The molecule has 0 aromatic carbocycles. The Balaban J connectivity index is 2.41. The molecule has 8 heteroatoms. The predicted molar refractivity (Wildman–Crippen MR) is 60.4 cm³/mol. The molecular formula is C7H10IN3O3S. The molecule has 2 heterocycles. The number of sulfonamides is 1. The van der Waals surface area contributed by atoms with Gasteiger partial charge in [0.1, 0.15) is 8.60 Å². The lowest BCUT2D eigenvalue weighted by atomic mass is 10.5. The molecule has 84 valence electrons. The van der Waals surface area contributed by atoms with Gasteiger partial charge in [0.05, 0.1) is 12.8 Å². The number of rotatable bonds is 2. The second kappa shape index (κ2) is 4.00. The Kier molecular flexibility index (Phi) is 3.01. The second-order valence-corrected chi connectivity index (χ2v) is 5.96. The van der Waals surface area contributed by atoms with E-state index in [0.717, 1.165) is 10.9 Å². The van der Waals surface area contributed by atoms with E-state index in [2.05, 4.69) is 5.10 Å². The van der Waals surface area contributed by atoms with Crippen molar-refractivity contribution in [1.29, 1.82) is 0 Å². The zero-order valence-electron chi connectivity index (χ0n) is 8.05. The molecule has 6 nitrogen and oxygen atoms in total. The Labute approximate surface area is 101 Å². The molecule has 1 saturated heterocycles. The standard InChI is InChI=1S/C7H10IN3O3S/c1-10-7(8)6(5-9-10)15(12,13)11-3-2-4-14-11/h5H,2-4H2,1H3. The number of aryl methyl sites for hydroxylation is 1. The highest BCUT2D eigenvalue weighted by Crippen LogP contribution is 2.23. The smallest absolute Gasteiger partial charge is 0.269 e. The SMILES string of the molecule is Cn1ncc(S(=O)(=O)N2CCCO2)c1I. The summed E-state index contributed by atoms with van der Waals surface area (Å²) in [6.45, 7) is 0.864. The van der Waals surface area contributed by atoms with E-state index in [1.165, 1.54) is 10.9 Å². The number of hydrogen-bond acceptors (Lipinski definition) is 4. The molecule has 0 saturated carbocycles. The highest BCUT2D eigenvalue weighted by Gasteiger charge is 2.31. The van der Waals surface area contributed by atoms with Gasteiger partial charge in [-0.1, -0.05) is 4.47 Å². The Bertz CT molecular complexity index is 464. The molecule has 2 rings (SSSR count). The van der Waals surface area contributed by atoms with Crippen LogP contribution in [-0.4, -0.2) is 35.8 Å². The van der Waals surface area contributed by atoms with Gasteiger partial charge >= 0.3 is 0 Å². The maximum absolute atomic E-state index is 12.0. The average molecular weight is 343 g/mol. The first kappa shape index (κ1) is 11.3. The fraction of sp³-hybridized carbons (Fsp3) is 0.571. The van der Waals surface area contributed by atoms with Gasteiger partial charge < -0.3 is 0 Å². The molecule has 0 amide bonds. The van der Waals surface area contributed by atoms with Crippen LogP contribution in [0.15, 0.2) is 11.1 Å². The quantitative estimate of drug-likeness (QED) is 0.727. The summed E-state index contributed by atoms with van der Waals surface area (Å²) < 4.78 is 27.2. The lowest BCUT2D eigenvalue weighted by molar-refractivity contribution is -0.0285. The van der Waals surface area contributed by atoms with Crippen molar-refractivity contribution < 1.29 is 13.3 Å². The number of halogens is 1. The van der Waals surface area contributed by atoms with Crippen molar-refractivity contribution in [3.63, 3.8) is 0 Å². The zero-order valence-corrected chi connectivity index (χ0v) is 11.0. The van der Waals surface area contributed by atoms with Gasteiger partial charge in [0.2, 0.25) is 0 Å². The highest BCUT2D eigenvalue weighted by atomic mass is 127. The van der Waals surface area contributed by atoms with Crippen LogP contribution in [0.5, 0.6) is 0 Å². The van der Waals surface area contributed by atoms with Crippen molar-refractivity contribution in [2.24, 2.45) is 7.05 Å². The Morgan fingerprint density at radius 3 is 2.80 bits per heavy atom. The largest absolute Gasteiger partial charge is 0.284 e. The van der Waals surface area contributed by atoms with Crippen LogP contribution in [0.1, 0.15) is 6.42 Å². The first-order chi connectivity index (χ1) is 7.03. The first-order valence-electron chi connectivity index (χ1n) is 4.36. The lowest BCUT2D eigenvalue weighted by Crippen LogP contribution is -2.27. The third-order valence-electron chi connectivity index (χ3n) is 2.10. The zero-order chi connectivity index (χ0) is 11.1. The highest BCUT2D eigenvalue weighted by molar-refractivity contribution is 14.1. The molecule has 1 aromatic rings. The summed E-state index contributed by atoms with van der Waals surface area (Å²) in [4.78, 5) is 5.24. The molecule has 0 bridgehead atoms. The van der Waals surface area contributed by atoms with Crippen LogP contribution in [0, 0.1) is 3.70 Å². The van der Waals surface area contributed by atoms with Crippen molar-refractivity contribution in [1.82, 2.24) is 14.2 Å². The van der Waals surface area contributed by atoms with E-state index < -0.39 is 10.0 Å². The van der Waals surface area contributed by atoms with Crippen LogP contribution in [-0.2, 0) is 21.9 Å². The maximum atomic E-state index is 12.0. The summed E-state index contributed by atoms with van der Waals surface area (Å²) in [5, 5.41) is 3.90. The summed E-state index contributed by atoms with van der Waals surface area (Å²) in [7, 11) is -1.83. The summed E-state index contributed by atoms with van der Waals surface area (Å²) in [6, 6.07) is 0. The minimum absolute atomic E-state index is 0.201. The van der Waals surface area contributed by atoms with E-state index in [-0.39, 0.29) is 4.90 Å². The predicted octanol–water partition coefficient (Wildman–Crippen LogP) is 0.351. The van der Waals surface area contributed by atoms with Crippen molar-refractivity contribution in [3.8, 4) is 0 Å². The molecule has 15 heavy (non-hydrogen) atoms. The minimum atomic E-state index is -3.53. The summed E-state index contributed by atoms with van der Waals surface area (Å²) in [5.74, 6) is 0. The van der Waals surface area contributed by atoms with Gasteiger partial charge in [0.15, 0.2) is 0 Å². The molecule has 0 radical (unpaired) electrons. The van der Waals surface area contributed by atoms with Crippen LogP contribution >= 0.6 is 22.6 Å². The van der Waals surface area contributed by atoms with E-state index >= 15 is 0 Å². The molecule has 0 aliphatic carbocycles. The van der Waals surface area contributed by atoms with Crippen LogP contribution in [0.3, 0.4) is 0 Å². The van der Waals surface area contributed by atoms with Crippen molar-refractivity contribution in [2.75, 3.05) is 13.2 Å². The Morgan fingerprint density at radius 1 is 1.60 bits per heavy atom. The number of hydroxylamine groups is 1. The van der Waals surface area contributed by atoms with Crippen LogP contribution in [0.4, 0.5) is 0 Å². The van der Waals surface area contributed by atoms with Crippen molar-refractivity contribution in [3.05, 3.63) is 9.90 Å². The molecule has 1 aliphatic rings. The van der Waals surface area contributed by atoms with E-state index in [9.17, 15) is 8.42 Å². The summed E-state index contributed by atoms with van der Waals surface area (Å²) >= 11 is 1.95. The first-order valence-corrected chi connectivity index (χ1v) is 6.88. The third-order valence-corrected chi connectivity index (χ3v) is 5.43. The fourth-order valence-electron chi connectivity index (χ4n) is 1.30. The van der Waals surface area contributed by atoms with Gasteiger partial charge in [0.25, 0.3) is 10.0 Å². The number of nitrogens with zero attached hydrogens (tertiary/aromatic N) is 3. The Morgan fingerprint density at radius 2 is 2.33 bits per heavy atom. The van der Waals surface area contributed by atoms with E-state index in [4.69, 9.17) is 4.84 Å². The third kappa shape index (κ3) is 1.90. The molecular weight excluding hydrogens is 333 g/mol. The maximum Gasteiger partial charge on any atom is 0.269 e. The Hall–Kier alpha value is -0.190. The molecule has 0 unspecified atom stereocenters. The molecule has 0 N–H and O–H groups in total. The van der Waals surface area contributed by atoms with E-state index in [1.54, 1.807) is 7.05 Å². The molecule has 1 fully saturated rings. The minimum Gasteiger partial charge on any atom is -0.284 e. The monoisotopic (exact) mass is 343 g/mol. The second-order valence-electron chi connectivity index (χ2n) is 3.14. The summed E-state index contributed by atoms with van der Waals surface area (Å²) in [6.07, 6.45) is 2.08.